The number of furan rings is 1. The molecule has 1 N–H and O–H groups in total. The number of amides is 1. The van der Waals surface area contributed by atoms with Gasteiger partial charge in [-0.3, -0.25) is 14.9 Å². The van der Waals surface area contributed by atoms with Crippen LogP contribution in [0.5, 0.6) is 0 Å². The van der Waals surface area contributed by atoms with Gasteiger partial charge in [-0.2, -0.15) is 0 Å². The predicted octanol–water partition coefficient (Wildman–Crippen LogP) is 6.33. The van der Waals surface area contributed by atoms with Gasteiger partial charge in [0.25, 0.3) is 11.6 Å². The zero-order valence-electron chi connectivity index (χ0n) is 16.1. The van der Waals surface area contributed by atoms with Gasteiger partial charge in [0.2, 0.25) is 0 Å². The number of nitro groups is 1. The monoisotopic (exact) mass is 430 g/mol. The zero-order valence-corrected chi connectivity index (χ0v) is 16.8. The minimum absolute atomic E-state index is 0.0389. The van der Waals surface area contributed by atoms with Gasteiger partial charge in [-0.15, -0.1) is 0 Å². The smallest absolute Gasteiger partial charge is 0.291 e. The number of nitrogens with one attached hydrogen (secondary N) is 1. The predicted molar refractivity (Wildman–Crippen MR) is 118 cm³/mol. The number of anilines is 1. The first-order valence-electron chi connectivity index (χ1n) is 9.56. The number of halogens is 1. The summed E-state index contributed by atoms with van der Waals surface area (Å²) in [5, 5.41) is 14.0. The first kappa shape index (κ1) is 19.1. The number of fused-ring (bicyclic) bond motifs is 3. The summed E-state index contributed by atoms with van der Waals surface area (Å²) < 4.78 is 5.64. The normalized spacial score (nSPS) is 11.6. The van der Waals surface area contributed by atoms with Crippen molar-refractivity contribution in [3.8, 4) is 22.5 Å². The van der Waals surface area contributed by atoms with E-state index in [0.717, 1.165) is 12.0 Å². The van der Waals surface area contributed by atoms with Gasteiger partial charge in [-0.1, -0.05) is 41.9 Å². The second kappa shape index (κ2) is 7.41. The molecule has 1 heterocycles. The van der Waals surface area contributed by atoms with Crippen molar-refractivity contribution >= 4 is 28.9 Å². The number of nitrogens with zero attached hydrogens (tertiary/aromatic N) is 1. The van der Waals surface area contributed by atoms with Gasteiger partial charge in [0, 0.05) is 17.3 Å². The molecule has 0 saturated carbocycles. The fourth-order valence-corrected chi connectivity index (χ4v) is 4.02. The standard InChI is InChI=1S/C24H15ClN2O4/c25-20-8-5-15(13-21(20)27(29)30)22-9-10-23(31-22)24(28)26-17-6-7-19-16(12-17)11-14-3-1-2-4-18(14)19/h1-10,12-13H,11H2,(H,26,28). The number of hydrogen-bond acceptors (Lipinski definition) is 4. The second-order valence-electron chi connectivity index (χ2n) is 7.25. The summed E-state index contributed by atoms with van der Waals surface area (Å²) in [5.41, 5.74) is 5.76. The molecule has 0 bridgehead atoms. The summed E-state index contributed by atoms with van der Waals surface area (Å²) in [5.74, 6) is 0.0517. The Morgan fingerprint density at radius 1 is 0.968 bits per heavy atom. The van der Waals surface area contributed by atoms with Crippen LogP contribution in [0.1, 0.15) is 21.7 Å². The molecule has 0 fully saturated rings. The van der Waals surface area contributed by atoms with Crippen LogP contribution in [-0.4, -0.2) is 10.8 Å². The molecule has 31 heavy (non-hydrogen) atoms. The summed E-state index contributed by atoms with van der Waals surface area (Å²) >= 11 is 5.86. The van der Waals surface area contributed by atoms with Gasteiger partial charge in [0.1, 0.15) is 10.8 Å². The van der Waals surface area contributed by atoms with Crippen LogP contribution in [0.15, 0.2) is 77.2 Å². The van der Waals surface area contributed by atoms with E-state index in [-0.39, 0.29) is 16.5 Å². The Morgan fingerprint density at radius 3 is 2.61 bits per heavy atom. The Morgan fingerprint density at radius 2 is 1.77 bits per heavy atom. The Bertz CT molecular complexity index is 1360. The highest BCUT2D eigenvalue weighted by Crippen LogP contribution is 2.37. The van der Waals surface area contributed by atoms with E-state index < -0.39 is 10.8 Å². The third-order valence-electron chi connectivity index (χ3n) is 5.31. The summed E-state index contributed by atoms with van der Waals surface area (Å²) in [6.07, 6.45) is 0.829. The highest BCUT2D eigenvalue weighted by Gasteiger charge is 2.20. The molecule has 1 amide bonds. The van der Waals surface area contributed by atoms with Crippen molar-refractivity contribution in [2.45, 2.75) is 6.42 Å². The fourth-order valence-electron chi connectivity index (χ4n) is 3.84. The quantitative estimate of drug-likeness (QED) is 0.266. The molecule has 5 rings (SSSR count). The third-order valence-corrected chi connectivity index (χ3v) is 5.63. The molecule has 6 nitrogen and oxygen atoms in total. The maximum atomic E-state index is 12.7. The topological polar surface area (TPSA) is 85.4 Å². The van der Waals surface area contributed by atoms with Crippen LogP contribution >= 0.6 is 11.6 Å². The summed E-state index contributed by atoms with van der Waals surface area (Å²) in [6, 6.07) is 21.6. The molecule has 0 aliphatic heterocycles. The van der Waals surface area contributed by atoms with Crippen LogP contribution in [-0.2, 0) is 6.42 Å². The molecule has 0 spiro atoms. The molecular weight excluding hydrogens is 416 g/mol. The molecule has 4 aromatic rings. The number of carbonyl (C=O) groups is 1. The summed E-state index contributed by atoms with van der Waals surface area (Å²) in [4.78, 5) is 23.2. The van der Waals surface area contributed by atoms with E-state index in [0.29, 0.717) is 17.0 Å². The SMILES string of the molecule is O=C(Nc1ccc2c(c1)Cc1ccccc1-2)c1ccc(-c2ccc(Cl)c([N+](=O)[O-])c2)o1. The molecule has 0 atom stereocenters. The van der Waals surface area contributed by atoms with Crippen molar-refractivity contribution in [1.82, 2.24) is 0 Å². The maximum absolute atomic E-state index is 12.7. The molecule has 0 radical (unpaired) electrons. The molecule has 3 aromatic carbocycles. The zero-order chi connectivity index (χ0) is 21.5. The van der Waals surface area contributed by atoms with Crippen LogP contribution in [0.2, 0.25) is 5.02 Å². The summed E-state index contributed by atoms with van der Waals surface area (Å²) in [6.45, 7) is 0. The Labute approximate surface area is 182 Å². The van der Waals surface area contributed by atoms with Crippen LogP contribution in [0.25, 0.3) is 22.5 Å². The number of hydrogen-bond donors (Lipinski definition) is 1. The fraction of sp³-hybridized carbons (Fsp3) is 0.0417. The van der Waals surface area contributed by atoms with Crippen LogP contribution in [0.4, 0.5) is 11.4 Å². The average Bonchev–Trinajstić information content (AvgIpc) is 3.38. The van der Waals surface area contributed by atoms with Crippen molar-refractivity contribution in [1.29, 1.82) is 0 Å². The summed E-state index contributed by atoms with van der Waals surface area (Å²) in [7, 11) is 0. The molecule has 7 heteroatoms. The van der Waals surface area contributed by atoms with Crippen molar-refractivity contribution < 1.29 is 14.1 Å². The van der Waals surface area contributed by atoms with E-state index in [2.05, 4.69) is 17.4 Å². The molecule has 1 aromatic heterocycles. The molecule has 1 aliphatic rings. The van der Waals surface area contributed by atoms with Crippen molar-refractivity contribution in [2.24, 2.45) is 0 Å². The van der Waals surface area contributed by atoms with Crippen LogP contribution in [0, 0.1) is 10.1 Å². The Kier molecular flexibility index (Phi) is 4.56. The largest absolute Gasteiger partial charge is 0.451 e. The molecule has 0 saturated heterocycles. The number of benzene rings is 3. The number of carbonyl (C=O) groups excluding carboxylic acids is 1. The van der Waals surface area contributed by atoms with E-state index in [4.69, 9.17) is 16.0 Å². The van der Waals surface area contributed by atoms with Crippen LogP contribution in [0.3, 0.4) is 0 Å². The third kappa shape index (κ3) is 3.47. The lowest BCUT2D eigenvalue weighted by atomic mass is 10.1. The Hall–Kier alpha value is -3.90. The number of nitro benzene ring substituents is 1. The van der Waals surface area contributed by atoms with Crippen molar-refractivity contribution in [3.05, 3.63) is 105 Å². The van der Waals surface area contributed by atoms with E-state index in [9.17, 15) is 14.9 Å². The molecule has 1 aliphatic carbocycles. The first-order valence-corrected chi connectivity index (χ1v) is 9.94. The Balaban J connectivity index is 1.36. The minimum Gasteiger partial charge on any atom is -0.451 e. The van der Waals surface area contributed by atoms with Gasteiger partial charge in [0.15, 0.2) is 5.76 Å². The lowest BCUT2D eigenvalue weighted by Crippen LogP contribution is -2.10. The minimum atomic E-state index is -0.561. The molecule has 0 unspecified atom stereocenters. The van der Waals surface area contributed by atoms with E-state index in [1.165, 1.54) is 34.9 Å². The van der Waals surface area contributed by atoms with Gasteiger partial charge in [0.05, 0.1) is 4.92 Å². The lowest BCUT2D eigenvalue weighted by Gasteiger charge is -2.06. The van der Waals surface area contributed by atoms with Crippen molar-refractivity contribution in [2.75, 3.05) is 5.32 Å². The maximum Gasteiger partial charge on any atom is 0.291 e. The van der Waals surface area contributed by atoms with Gasteiger partial charge < -0.3 is 9.73 Å². The molecule has 152 valence electrons. The van der Waals surface area contributed by atoms with Gasteiger partial charge >= 0.3 is 0 Å². The van der Waals surface area contributed by atoms with Crippen LogP contribution < -0.4 is 5.32 Å². The number of rotatable bonds is 4. The van der Waals surface area contributed by atoms with Gasteiger partial charge in [-0.05, 0) is 65.1 Å². The molecular formula is C24H15ClN2O4. The highest BCUT2D eigenvalue weighted by atomic mass is 35.5. The van der Waals surface area contributed by atoms with Crippen molar-refractivity contribution in [3.63, 3.8) is 0 Å². The van der Waals surface area contributed by atoms with E-state index in [1.807, 2.05) is 30.3 Å². The van der Waals surface area contributed by atoms with Gasteiger partial charge in [-0.25, -0.2) is 0 Å². The van der Waals surface area contributed by atoms with E-state index in [1.54, 1.807) is 12.1 Å². The average molecular weight is 431 g/mol. The second-order valence-corrected chi connectivity index (χ2v) is 7.65. The lowest BCUT2D eigenvalue weighted by molar-refractivity contribution is -0.384. The first-order chi connectivity index (χ1) is 15.0. The highest BCUT2D eigenvalue weighted by molar-refractivity contribution is 6.32. The van der Waals surface area contributed by atoms with E-state index >= 15 is 0 Å².